The van der Waals surface area contributed by atoms with Gasteiger partial charge in [0.2, 0.25) is 0 Å². The summed E-state index contributed by atoms with van der Waals surface area (Å²) in [6.45, 7) is 4.39. The second-order valence-electron chi connectivity index (χ2n) is 2.62. The van der Waals surface area contributed by atoms with Gasteiger partial charge in [0.15, 0.2) is 0 Å². The molecule has 0 heterocycles. The molecule has 0 rings (SSSR count). The van der Waals surface area contributed by atoms with Gasteiger partial charge in [-0.3, -0.25) is 0 Å². The van der Waals surface area contributed by atoms with Gasteiger partial charge >= 0.3 is 0 Å². The highest BCUT2D eigenvalue weighted by atomic mass is 16.1. The van der Waals surface area contributed by atoms with Crippen LogP contribution in [-0.2, 0) is 4.79 Å². The van der Waals surface area contributed by atoms with Crippen molar-refractivity contribution in [3.63, 3.8) is 0 Å². The maximum absolute atomic E-state index is 9.87. The molecule has 0 saturated carbocycles. The Kier molecular flexibility index (Phi) is 6.14. The van der Waals surface area contributed by atoms with Gasteiger partial charge in [0.1, 0.15) is 6.29 Å². The Hall–Kier alpha value is -0.590. The molecule has 0 amide bonds. The molecular weight excluding hydrogens is 124 g/mol. The number of rotatable bonds is 5. The molecule has 0 aliphatic rings. The zero-order valence-electron chi connectivity index (χ0n) is 6.84. The quantitative estimate of drug-likeness (QED) is 0.423. The smallest absolute Gasteiger partial charge is 0.123 e. The van der Waals surface area contributed by atoms with Crippen LogP contribution in [0, 0.1) is 5.92 Å². The summed E-state index contributed by atoms with van der Waals surface area (Å²) in [5, 5.41) is 0. The lowest BCUT2D eigenvalue weighted by Crippen LogP contribution is -1.87. The fourth-order valence-corrected chi connectivity index (χ4v) is 0.647. The molecule has 1 heteroatoms. The molecule has 0 aromatic rings. The van der Waals surface area contributed by atoms with Crippen LogP contribution in [0.25, 0.3) is 0 Å². The molecule has 1 nitrogen and oxygen atoms in total. The van der Waals surface area contributed by atoms with Crippen molar-refractivity contribution >= 4 is 6.29 Å². The van der Waals surface area contributed by atoms with Crippen LogP contribution in [0.15, 0.2) is 12.2 Å². The lowest BCUT2D eigenvalue weighted by Gasteiger charge is -2.01. The molecule has 0 aliphatic heterocycles. The van der Waals surface area contributed by atoms with Crippen molar-refractivity contribution in [2.24, 2.45) is 5.92 Å². The fourth-order valence-electron chi connectivity index (χ4n) is 0.647. The van der Waals surface area contributed by atoms with Crippen LogP contribution >= 0.6 is 0 Å². The van der Waals surface area contributed by atoms with Gasteiger partial charge in [0, 0.05) is 6.42 Å². The predicted molar refractivity (Wildman–Crippen MR) is 43.9 cm³/mol. The molecule has 0 aliphatic carbocycles. The second kappa shape index (κ2) is 6.53. The van der Waals surface area contributed by atoms with Crippen LogP contribution in [0.3, 0.4) is 0 Å². The average Bonchev–Trinajstić information content (AvgIpc) is 1.98. The van der Waals surface area contributed by atoms with E-state index in [1.807, 2.05) is 6.08 Å². The number of allylic oxidation sites excluding steroid dienone is 2. The standard InChI is InChI=1S/C9H16O/c1-3-9(2)7-5-4-6-8-10/h4-5,8-9H,3,6-7H2,1-2H3/b5-4+. The first-order valence-electron chi connectivity index (χ1n) is 3.89. The van der Waals surface area contributed by atoms with Crippen LogP contribution in [0.5, 0.6) is 0 Å². The third-order valence-electron chi connectivity index (χ3n) is 1.63. The first-order chi connectivity index (χ1) is 4.81. The molecule has 10 heavy (non-hydrogen) atoms. The average molecular weight is 140 g/mol. The van der Waals surface area contributed by atoms with Gasteiger partial charge in [0.05, 0.1) is 0 Å². The highest BCUT2D eigenvalue weighted by Crippen LogP contribution is 2.06. The summed E-state index contributed by atoms with van der Waals surface area (Å²) in [4.78, 5) is 9.87. The van der Waals surface area contributed by atoms with Crippen molar-refractivity contribution in [1.29, 1.82) is 0 Å². The highest BCUT2D eigenvalue weighted by molar-refractivity contribution is 5.51. The summed E-state index contributed by atoms with van der Waals surface area (Å²) < 4.78 is 0. The Bertz CT molecular complexity index is 105. The lowest BCUT2D eigenvalue weighted by molar-refractivity contribution is -0.107. The Morgan fingerprint density at radius 2 is 2.10 bits per heavy atom. The van der Waals surface area contributed by atoms with Crippen LogP contribution in [0.2, 0.25) is 0 Å². The van der Waals surface area contributed by atoms with Gasteiger partial charge in [-0.2, -0.15) is 0 Å². The summed E-state index contributed by atoms with van der Waals surface area (Å²) in [7, 11) is 0. The van der Waals surface area contributed by atoms with Crippen molar-refractivity contribution in [2.45, 2.75) is 33.1 Å². The monoisotopic (exact) mass is 140 g/mol. The zero-order valence-corrected chi connectivity index (χ0v) is 6.84. The van der Waals surface area contributed by atoms with Crippen LogP contribution in [-0.4, -0.2) is 6.29 Å². The van der Waals surface area contributed by atoms with E-state index in [1.54, 1.807) is 0 Å². The van der Waals surface area contributed by atoms with Crippen molar-refractivity contribution in [2.75, 3.05) is 0 Å². The van der Waals surface area contributed by atoms with E-state index in [1.165, 1.54) is 6.42 Å². The summed E-state index contributed by atoms with van der Waals surface area (Å²) in [5.74, 6) is 0.753. The number of hydrogen-bond donors (Lipinski definition) is 0. The number of hydrogen-bond acceptors (Lipinski definition) is 1. The normalized spacial score (nSPS) is 13.8. The van der Waals surface area contributed by atoms with Crippen molar-refractivity contribution < 1.29 is 4.79 Å². The minimum Gasteiger partial charge on any atom is -0.303 e. The van der Waals surface area contributed by atoms with Crippen molar-refractivity contribution in [3.05, 3.63) is 12.2 Å². The fraction of sp³-hybridized carbons (Fsp3) is 0.667. The largest absolute Gasteiger partial charge is 0.303 e. The minimum absolute atomic E-state index is 0.566. The lowest BCUT2D eigenvalue weighted by atomic mass is 10.1. The zero-order chi connectivity index (χ0) is 7.82. The van der Waals surface area contributed by atoms with Gasteiger partial charge in [-0.25, -0.2) is 0 Å². The van der Waals surface area contributed by atoms with Crippen LogP contribution in [0.4, 0.5) is 0 Å². The molecule has 0 saturated heterocycles. The van der Waals surface area contributed by atoms with E-state index in [0.717, 1.165) is 18.6 Å². The molecule has 0 spiro atoms. The maximum atomic E-state index is 9.87. The summed E-state index contributed by atoms with van der Waals surface area (Å²) in [6, 6.07) is 0. The van der Waals surface area contributed by atoms with E-state index in [2.05, 4.69) is 19.9 Å². The van der Waals surface area contributed by atoms with E-state index in [9.17, 15) is 4.79 Å². The van der Waals surface area contributed by atoms with Crippen LogP contribution in [0.1, 0.15) is 33.1 Å². The van der Waals surface area contributed by atoms with E-state index in [4.69, 9.17) is 0 Å². The van der Waals surface area contributed by atoms with E-state index >= 15 is 0 Å². The molecule has 58 valence electrons. The number of carbonyl (C=O) groups excluding carboxylic acids is 1. The van der Waals surface area contributed by atoms with Gasteiger partial charge in [-0.05, 0) is 12.3 Å². The molecule has 0 aromatic carbocycles. The van der Waals surface area contributed by atoms with Gasteiger partial charge in [0.25, 0.3) is 0 Å². The minimum atomic E-state index is 0.566. The SMILES string of the molecule is CCC(C)C/C=C/CC=O. The Balaban J connectivity index is 3.24. The van der Waals surface area contributed by atoms with E-state index < -0.39 is 0 Å². The summed E-state index contributed by atoms with van der Waals surface area (Å²) in [6.07, 6.45) is 7.82. The molecule has 0 bridgehead atoms. The molecule has 0 N–H and O–H groups in total. The van der Waals surface area contributed by atoms with E-state index in [-0.39, 0.29) is 0 Å². The third kappa shape index (κ3) is 5.54. The predicted octanol–water partition coefficient (Wildman–Crippen LogP) is 2.57. The Labute approximate surface area is 63.1 Å². The summed E-state index contributed by atoms with van der Waals surface area (Å²) >= 11 is 0. The molecule has 0 aromatic heterocycles. The highest BCUT2D eigenvalue weighted by Gasteiger charge is 1.92. The molecule has 1 unspecified atom stereocenters. The number of carbonyl (C=O) groups is 1. The van der Waals surface area contributed by atoms with Crippen LogP contribution < -0.4 is 0 Å². The van der Waals surface area contributed by atoms with Crippen molar-refractivity contribution in [3.8, 4) is 0 Å². The van der Waals surface area contributed by atoms with Gasteiger partial charge < -0.3 is 4.79 Å². The Morgan fingerprint density at radius 3 is 2.60 bits per heavy atom. The van der Waals surface area contributed by atoms with Crippen molar-refractivity contribution in [1.82, 2.24) is 0 Å². The Morgan fingerprint density at radius 1 is 1.40 bits per heavy atom. The second-order valence-corrected chi connectivity index (χ2v) is 2.62. The molecular formula is C9H16O. The third-order valence-corrected chi connectivity index (χ3v) is 1.63. The summed E-state index contributed by atoms with van der Waals surface area (Å²) in [5.41, 5.74) is 0. The first kappa shape index (κ1) is 9.41. The maximum Gasteiger partial charge on any atom is 0.123 e. The van der Waals surface area contributed by atoms with E-state index in [0.29, 0.717) is 6.42 Å². The molecule has 0 fully saturated rings. The topological polar surface area (TPSA) is 17.1 Å². The number of aldehydes is 1. The van der Waals surface area contributed by atoms with Gasteiger partial charge in [-0.15, -0.1) is 0 Å². The van der Waals surface area contributed by atoms with Gasteiger partial charge in [-0.1, -0.05) is 32.4 Å². The molecule has 1 atom stereocenters. The first-order valence-corrected chi connectivity index (χ1v) is 3.89. The molecule has 0 radical (unpaired) electrons.